The molecule has 0 bridgehead atoms. The summed E-state index contributed by atoms with van der Waals surface area (Å²) in [5.74, 6) is 1.04. The van der Waals surface area contributed by atoms with Crippen molar-refractivity contribution < 1.29 is 22.7 Å². The summed E-state index contributed by atoms with van der Waals surface area (Å²) in [6.45, 7) is 5.98. The lowest BCUT2D eigenvalue weighted by molar-refractivity contribution is 0.0956. The Morgan fingerprint density at radius 3 is 2.12 bits per heavy atom. The standard InChI is InChI=1S/C23H31N3O5S/c1-18(2)31-22-8-4-19(5-9-22)23(27)24-12-17-32(28,29)26-15-13-25(14-16-26)20-6-10-21(30-3)11-7-20/h4-11,18H,12-17H2,1-3H3,(H,24,27). The first-order valence-electron chi connectivity index (χ1n) is 10.7. The zero-order valence-corrected chi connectivity index (χ0v) is 19.6. The molecule has 3 rings (SSSR count). The summed E-state index contributed by atoms with van der Waals surface area (Å²) in [5.41, 5.74) is 1.51. The topological polar surface area (TPSA) is 88.2 Å². The van der Waals surface area contributed by atoms with E-state index in [1.165, 1.54) is 4.31 Å². The molecule has 1 heterocycles. The number of anilines is 1. The van der Waals surface area contributed by atoms with E-state index in [0.717, 1.165) is 11.4 Å². The highest BCUT2D eigenvalue weighted by molar-refractivity contribution is 7.89. The number of carbonyl (C=O) groups excluding carboxylic acids is 1. The predicted molar refractivity (Wildman–Crippen MR) is 125 cm³/mol. The Kier molecular flexibility index (Phi) is 7.98. The highest BCUT2D eigenvalue weighted by Crippen LogP contribution is 2.21. The van der Waals surface area contributed by atoms with Gasteiger partial charge in [-0.3, -0.25) is 4.79 Å². The summed E-state index contributed by atoms with van der Waals surface area (Å²) in [4.78, 5) is 14.5. The zero-order valence-electron chi connectivity index (χ0n) is 18.8. The van der Waals surface area contributed by atoms with Crippen molar-refractivity contribution in [2.75, 3.05) is 50.5 Å². The van der Waals surface area contributed by atoms with Crippen LogP contribution >= 0.6 is 0 Å². The van der Waals surface area contributed by atoms with Gasteiger partial charge in [0.1, 0.15) is 11.5 Å². The van der Waals surface area contributed by atoms with Gasteiger partial charge in [0.05, 0.1) is 19.0 Å². The van der Waals surface area contributed by atoms with Gasteiger partial charge >= 0.3 is 0 Å². The first-order valence-corrected chi connectivity index (χ1v) is 12.3. The maximum Gasteiger partial charge on any atom is 0.251 e. The van der Waals surface area contributed by atoms with Crippen molar-refractivity contribution in [3.8, 4) is 11.5 Å². The average Bonchev–Trinajstić information content (AvgIpc) is 2.79. The Bertz CT molecular complexity index is 983. The van der Waals surface area contributed by atoms with Gasteiger partial charge < -0.3 is 19.7 Å². The summed E-state index contributed by atoms with van der Waals surface area (Å²) >= 11 is 0. The summed E-state index contributed by atoms with van der Waals surface area (Å²) in [6.07, 6.45) is 0.0537. The van der Waals surface area contributed by atoms with E-state index in [0.29, 0.717) is 37.5 Å². The molecule has 1 fully saturated rings. The normalized spacial score (nSPS) is 14.9. The monoisotopic (exact) mass is 461 g/mol. The number of piperazine rings is 1. The van der Waals surface area contributed by atoms with E-state index in [2.05, 4.69) is 10.2 Å². The first kappa shape index (κ1) is 23.9. The molecule has 0 atom stereocenters. The molecule has 0 unspecified atom stereocenters. The largest absolute Gasteiger partial charge is 0.497 e. The van der Waals surface area contributed by atoms with E-state index in [4.69, 9.17) is 9.47 Å². The van der Waals surface area contributed by atoms with Crippen LogP contribution in [0.2, 0.25) is 0 Å². The van der Waals surface area contributed by atoms with Crippen molar-refractivity contribution in [1.82, 2.24) is 9.62 Å². The molecule has 2 aromatic rings. The van der Waals surface area contributed by atoms with Gasteiger partial charge in [0, 0.05) is 44.0 Å². The number of sulfonamides is 1. The lowest BCUT2D eigenvalue weighted by Gasteiger charge is -2.35. The molecule has 8 nitrogen and oxygen atoms in total. The van der Waals surface area contributed by atoms with Crippen LogP contribution in [-0.4, -0.2) is 70.3 Å². The summed E-state index contributed by atoms with van der Waals surface area (Å²) < 4.78 is 37.6. The number of nitrogens with zero attached hydrogens (tertiary/aromatic N) is 2. The maximum atomic E-state index is 12.7. The van der Waals surface area contributed by atoms with Crippen LogP contribution in [-0.2, 0) is 10.0 Å². The molecule has 1 aliphatic heterocycles. The van der Waals surface area contributed by atoms with Gasteiger partial charge in [0.15, 0.2) is 0 Å². The number of amides is 1. The molecule has 174 valence electrons. The maximum absolute atomic E-state index is 12.7. The van der Waals surface area contributed by atoms with Crippen molar-refractivity contribution in [2.24, 2.45) is 0 Å². The van der Waals surface area contributed by atoms with Crippen LogP contribution in [0.1, 0.15) is 24.2 Å². The number of carbonyl (C=O) groups is 1. The number of benzene rings is 2. The molecule has 1 aliphatic rings. The molecule has 0 saturated carbocycles. The second kappa shape index (κ2) is 10.7. The fraction of sp³-hybridized carbons (Fsp3) is 0.435. The Hall–Kier alpha value is -2.78. The zero-order chi connectivity index (χ0) is 23.1. The van der Waals surface area contributed by atoms with Crippen molar-refractivity contribution in [3.63, 3.8) is 0 Å². The van der Waals surface area contributed by atoms with Crippen molar-refractivity contribution in [2.45, 2.75) is 20.0 Å². The van der Waals surface area contributed by atoms with Gasteiger partial charge in [-0.1, -0.05) is 0 Å². The second-order valence-electron chi connectivity index (χ2n) is 7.85. The second-order valence-corrected chi connectivity index (χ2v) is 9.94. The van der Waals surface area contributed by atoms with Gasteiger partial charge in [0.25, 0.3) is 5.91 Å². The minimum absolute atomic E-state index is 0.0537. The van der Waals surface area contributed by atoms with Crippen LogP contribution in [0.25, 0.3) is 0 Å². The molecule has 2 aromatic carbocycles. The number of methoxy groups -OCH3 is 1. The molecule has 0 aromatic heterocycles. The number of ether oxygens (including phenoxy) is 2. The molecule has 1 saturated heterocycles. The molecule has 1 amide bonds. The molecular formula is C23H31N3O5S. The number of hydrogen-bond acceptors (Lipinski definition) is 6. The molecular weight excluding hydrogens is 430 g/mol. The Morgan fingerprint density at radius 1 is 0.969 bits per heavy atom. The SMILES string of the molecule is COc1ccc(N2CCN(S(=O)(=O)CCNC(=O)c3ccc(OC(C)C)cc3)CC2)cc1. The average molecular weight is 462 g/mol. The molecule has 0 spiro atoms. The fourth-order valence-electron chi connectivity index (χ4n) is 3.50. The minimum Gasteiger partial charge on any atom is -0.497 e. The van der Waals surface area contributed by atoms with E-state index in [1.54, 1.807) is 31.4 Å². The third-order valence-electron chi connectivity index (χ3n) is 5.20. The molecule has 0 radical (unpaired) electrons. The highest BCUT2D eigenvalue weighted by Gasteiger charge is 2.27. The van der Waals surface area contributed by atoms with Crippen molar-refractivity contribution >= 4 is 21.6 Å². The van der Waals surface area contributed by atoms with Crippen LogP contribution in [0.3, 0.4) is 0 Å². The van der Waals surface area contributed by atoms with E-state index < -0.39 is 10.0 Å². The third-order valence-corrected chi connectivity index (χ3v) is 7.08. The van der Waals surface area contributed by atoms with Crippen molar-refractivity contribution in [1.29, 1.82) is 0 Å². The van der Waals surface area contributed by atoms with Gasteiger partial charge in [-0.15, -0.1) is 0 Å². The molecule has 32 heavy (non-hydrogen) atoms. The number of rotatable bonds is 9. The summed E-state index contributed by atoms with van der Waals surface area (Å²) in [7, 11) is -1.82. The van der Waals surface area contributed by atoms with Crippen LogP contribution in [0, 0.1) is 0 Å². The van der Waals surface area contributed by atoms with Gasteiger partial charge in [0.2, 0.25) is 10.0 Å². The van der Waals surface area contributed by atoms with Crippen LogP contribution in [0.15, 0.2) is 48.5 Å². The Morgan fingerprint density at radius 2 is 1.56 bits per heavy atom. The molecule has 0 aliphatic carbocycles. The van der Waals surface area contributed by atoms with E-state index in [1.807, 2.05) is 38.1 Å². The first-order chi connectivity index (χ1) is 15.3. The lowest BCUT2D eigenvalue weighted by atomic mass is 10.2. The van der Waals surface area contributed by atoms with Crippen LogP contribution in [0.5, 0.6) is 11.5 Å². The Balaban J connectivity index is 1.45. The van der Waals surface area contributed by atoms with Gasteiger partial charge in [-0.25, -0.2) is 8.42 Å². The van der Waals surface area contributed by atoms with Crippen LogP contribution < -0.4 is 19.7 Å². The number of nitrogens with one attached hydrogen (secondary N) is 1. The van der Waals surface area contributed by atoms with Gasteiger partial charge in [-0.2, -0.15) is 4.31 Å². The van der Waals surface area contributed by atoms with E-state index >= 15 is 0 Å². The molecule has 9 heteroatoms. The smallest absolute Gasteiger partial charge is 0.251 e. The third kappa shape index (κ3) is 6.37. The van der Waals surface area contributed by atoms with Crippen LogP contribution in [0.4, 0.5) is 5.69 Å². The highest BCUT2D eigenvalue weighted by atomic mass is 32.2. The fourth-order valence-corrected chi connectivity index (χ4v) is 4.84. The Labute approximate surface area is 190 Å². The number of hydrogen-bond donors (Lipinski definition) is 1. The summed E-state index contributed by atoms with van der Waals surface area (Å²) in [6, 6.07) is 14.5. The van der Waals surface area contributed by atoms with Crippen molar-refractivity contribution in [3.05, 3.63) is 54.1 Å². The predicted octanol–water partition coefficient (Wildman–Crippen LogP) is 2.36. The van der Waals surface area contributed by atoms with Gasteiger partial charge in [-0.05, 0) is 62.4 Å². The quantitative estimate of drug-likeness (QED) is 0.617. The van der Waals surface area contributed by atoms with E-state index in [9.17, 15) is 13.2 Å². The lowest BCUT2D eigenvalue weighted by Crippen LogP contribution is -2.50. The van der Waals surface area contributed by atoms with E-state index in [-0.39, 0.29) is 24.3 Å². The summed E-state index contributed by atoms with van der Waals surface area (Å²) in [5, 5.41) is 2.69. The molecule has 1 N–H and O–H groups in total. The minimum atomic E-state index is -3.45.